The van der Waals surface area contributed by atoms with E-state index in [9.17, 15) is 9.59 Å². The third-order valence-electron chi connectivity index (χ3n) is 6.13. The lowest BCUT2D eigenvalue weighted by molar-refractivity contribution is -0.152. The van der Waals surface area contributed by atoms with Crippen molar-refractivity contribution in [3.63, 3.8) is 0 Å². The van der Waals surface area contributed by atoms with Gasteiger partial charge in [0.1, 0.15) is 17.7 Å². The molecule has 0 saturated heterocycles. The Morgan fingerprint density at radius 1 is 0.676 bits per heavy atom. The molecular formula is C29H57NO4. The van der Waals surface area contributed by atoms with Crippen LogP contribution in [0.5, 0.6) is 0 Å². The molecule has 0 aromatic rings. The smallest absolute Gasteiger partial charge is 0.408 e. The zero-order valence-electron chi connectivity index (χ0n) is 23.5. The van der Waals surface area contributed by atoms with Crippen molar-refractivity contribution in [2.45, 2.75) is 175 Å². The van der Waals surface area contributed by atoms with E-state index in [2.05, 4.69) is 19.2 Å². The Hall–Kier alpha value is -1.26. The van der Waals surface area contributed by atoms with Gasteiger partial charge in [0.05, 0.1) is 0 Å². The minimum Gasteiger partial charge on any atom is -0.461 e. The Morgan fingerprint density at radius 2 is 1.06 bits per heavy atom. The first-order valence-corrected chi connectivity index (χ1v) is 14.4. The molecule has 1 amide bonds. The van der Waals surface area contributed by atoms with Crippen molar-refractivity contribution in [3.05, 3.63) is 0 Å². The van der Waals surface area contributed by atoms with Gasteiger partial charge >= 0.3 is 12.1 Å². The molecule has 0 rings (SSSR count). The summed E-state index contributed by atoms with van der Waals surface area (Å²) in [5, 5.41) is 2.61. The molecule has 0 spiro atoms. The van der Waals surface area contributed by atoms with E-state index in [0.717, 1.165) is 25.7 Å². The number of carbonyl (C=O) groups excluding carboxylic acids is 2. The van der Waals surface area contributed by atoms with Gasteiger partial charge in [0, 0.05) is 0 Å². The van der Waals surface area contributed by atoms with Gasteiger partial charge < -0.3 is 14.8 Å². The van der Waals surface area contributed by atoms with E-state index < -0.39 is 17.7 Å². The normalized spacial score (nSPS) is 12.6. The minimum atomic E-state index is -0.713. The van der Waals surface area contributed by atoms with Gasteiger partial charge in [-0.2, -0.15) is 0 Å². The average Bonchev–Trinajstić information content (AvgIpc) is 2.75. The Labute approximate surface area is 211 Å². The van der Waals surface area contributed by atoms with Crippen LogP contribution in [0.4, 0.5) is 4.79 Å². The van der Waals surface area contributed by atoms with E-state index in [0.29, 0.717) is 0 Å². The van der Waals surface area contributed by atoms with Crippen molar-refractivity contribution >= 4 is 12.1 Å². The molecule has 202 valence electrons. The summed E-state index contributed by atoms with van der Waals surface area (Å²) in [5.41, 5.74) is -0.594. The number of carbonyl (C=O) groups is 2. The van der Waals surface area contributed by atoms with Gasteiger partial charge in [-0.3, -0.25) is 0 Å². The van der Waals surface area contributed by atoms with E-state index >= 15 is 0 Å². The first-order chi connectivity index (χ1) is 16.2. The molecule has 0 aliphatic carbocycles. The third-order valence-corrected chi connectivity index (χ3v) is 6.13. The summed E-state index contributed by atoms with van der Waals surface area (Å²) in [6.45, 7) is 11.6. The minimum absolute atomic E-state index is 0.0597. The van der Waals surface area contributed by atoms with Crippen molar-refractivity contribution < 1.29 is 19.1 Å². The Bertz CT molecular complexity index is 481. The average molecular weight is 484 g/mol. The number of hydrogen-bond acceptors (Lipinski definition) is 4. The first kappa shape index (κ1) is 32.7. The standard InChI is InChI=1S/C29H57NO4/c1-7-9-11-13-15-17-19-21-23-26(24-22-20-18-16-14-12-10-8-2)33-27(31)25(3)30-28(32)34-29(4,5)6/h25-26H,7-24H2,1-6H3,(H,30,32)/t25-/m0/s1. The molecule has 1 N–H and O–H groups in total. The molecule has 0 aliphatic rings. The number of ether oxygens (including phenoxy) is 2. The monoisotopic (exact) mass is 483 g/mol. The van der Waals surface area contributed by atoms with Crippen LogP contribution in [0, 0.1) is 0 Å². The fourth-order valence-corrected chi connectivity index (χ4v) is 4.08. The second-order valence-corrected chi connectivity index (χ2v) is 11.0. The fraction of sp³-hybridized carbons (Fsp3) is 0.931. The number of nitrogens with one attached hydrogen (secondary N) is 1. The molecule has 0 aromatic heterocycles. The van der Waals surface area contributed by atoms with Crippen LogP contribution in [0.1, 0.15) is 157 Å². The van der Waals surface area contributed by atoms with Crippen molar-refractivity contribution in [2.24, 2.45) is 0 Å². The third kappa shape index (κ3) is 21.3. The van der Waals surface area contributed by atoms with Gasteiger partial charge in [-0.25, -0.2) is 9.59 Å². The van der Waals surface area contributed by atoms with Crippen LogP contribution in [-0.4, -0.2) is 29.8 Å². The highest BCUT2D eigenvalue weighted by atomic mass is 16.6. The van der Waals surface area contributed by atoms with E-state index in [1.807, 2.05) is 0 Å². The highest BCUT2D eigenvalue weighted by molar-refractivity contribution is 5.81. The van der Waals surface area contributed by atoms with E-state index in [4.69, 9.17) is 9.47 Å². The molecule has 34 heavy (non-hydrogen) atoms. The van der Waals surface area contributed by atoms with Gasteiger partial charge in [-0.15, -0.1) is 0 Å². The maximum atomic E-state index is 12.6. The largest absolute Gasteiger partial charge is 0.461 e. The topological polar surface area (TPSA) is 64.6 Å². The molecule has 5 heteroatoms. The molecular weight excluding hydrogens is 426 g/mol. The molecule has 0 unspecified atom stereocenters. The molecule has 0 radical (unpaired) electrons. The quantitative estimate of drug-likeness (QED) is 0.131. The van der Waals surface area contributed by atoms with E-state index in [-0.39, 0.29) is 12.1 Å². The molecule has 0 heterocycles. The number of amides is 1. The molecule has 1 atom stereocenters. The molecule has 0 fully saturated rings. The number of alkyl carbamates (subject to hydrolysis) is 1. The maximum absolute atomic E-state index is 12.6. The van der Waals surface area contributed by atoms with E-state index in [1.165, 1.54) is 89.9 Å². The highest BCUT2D eigenvalue weighted by Gasteiger charge is 2.24. The first-order valence-electron chi connectivity index (χ1n) is 14.4. The number of hydrogen-bond donors (Lipinski definition) is 1. The second-order valence-electron chi connectivity index (χ2n) is 11.0. The molecule has 5 nitrogen and oxygen atoms in total. The van der Waals surface area contributed by atoms with Crippen molar-refractivity contribution in [1.29, 1.82) is 0 Å². The van der Waals surface area contributed by atoms with Crippen molar-refractivity contribution in [1.82, 2.24) is 5.32 Å². The van der Waals surface area contributed by atoms with Crippen LogP contribution in [-0.2, 0) is 14.3 Å². The maximum Gasteiger partial charge on any atom is 0.408 e. The van der Waals surface area contributed by atoms with Crippen LogP contribution < -0.4 is 5.32 Å². The van der Waals surface area contributed by atoms with E-state index in [1.54, 1.807) is 27.7 Å². The molecule has 0 saturated carbocycles. The van der Waals surface area contributed by atoms with Crippen LogP contribution in [0.3, 0.4) is 0 Å². The van der Waals surface area contributed by atoms with Gasteiger partial charge in [0.25, 0.3) is 0 Å². The lowest BCUT2D eigenvalue weighted by atomic mass is 10.0. The second kappa shape index (κ2) is 21.1. The number of rotatable bonds is 21. The van der Waals surface area contributed by atoms with Gasteiger partial charge in [0.15, 0.2) is 0 Å². The predicted molar refractivity (Wildman–Crippen MR) is 143 cm³/mol. The molecule has 0 aromatic carbocycles. The summed E-state index contributed by atoms with van der Waals surface area (Å²) in [4.78, 5) is 24.6. The zero-order valence-corrected chi connectivity index (χ0v) is 23.5. The van der Waals surface area contributed by atoms with Crippen molar-refractivity contribution in [3.8, 4) is 0 Å². The highest BCUT2D eigenvalue weighted by Crippen LogP contribution is 2.18. The predicted octanol–water partition coefficient (Wildman–Crippen LogP) is 8.87. The summed E-state index contributed by atoms with van der Waals surface area (Å²) in [6.07, 6.45) is 21.5. The SMILES string of the molecule is CCCCCCCCCCC(CCCCCCCCCC)OC(=O)[C@H](C)NC(=O)OC(C)(C)C. The van der Waals surface area contributed by atoms with Crippen LogP contribution in [0.2, 0.25) is 0 Å². The summed E-state index contributed by atoms with van der Waals surface area (Å²) in [7, 11) is 0. The number of esters is 1. The zero-order chi connectivity index (χ0) is 25.7. The van der Waals surface area contributed by atoms with Gasteiger partial charge in [-0.1, -0.05) is 104 Å². The lowest BCUT2D eigenvalue weighted by Gasteiger charge is -2.23. The van der Waals surface area contributed by atoms with Crippen LogP contribution >= 0.6 is 0 Å². The molecule has 0 bridgehead atoms. The van der Waals surface area contributed by atoms with Crippen LogP contribution in [0.25, 0.3) is 0 Å². The van der Waals surface area contributed by atoms with Crippen molar-refractivity contribution in [2.75, 3.05) is 0 Å². The van der Waals surface area contributed by atoms with Gasteiger partial charge in [-0.05, 0) is 53.4 Å². The Kier molecular flexibility index (Phi) is 20.3. The summed E-state index contributed by atoms with van der Waals surface area (Å²) < 4.78 is 11.1. The lowest BCUT2D eigenvalue weighted by Crippen LogP contribution is -2.43. The summed E-state index contributed by atoms with van der Waals surface area (Å²) in [5.74, 6) is -0.366. The number of unbranched alkanes of at least 4 members (excludes halogenated alkanes) is 14. The summed E-state index contributed by atoms with van der Waals surface area (Å²) >= 11 is 0. The molecule has 0 aliphatic heterocycles. The van der Waals surface area contributed by atoms with Gasteiger partial charge in [0.2, 0.25) is 0 Å². The fourth-order valence-electron chi connectivity index (χ4n) is 4.08. The Balaban J connectivity index is 4.41. The summed E-state index contributed by atoms with van der Waals surface area (Å²) in [6, 6.07) is -0.713. The van der Waals surface area contributed by atoms with Crippen LogP contribution in [0.15, 0.2) is 0 Å². The Morgan fingerprint density at radius 3 is 1.44 bits per heavy atom.